The number of hydrogen-bond acceptors (Lipinski definition) is 5. The molecule has 3 aromatic rings. The standard InChI is InChI=1S/C19H18BrClN4O2S/c1-3-16(17(22)26)28-19-24-23-18(11-4-6-12(20)7-5-11)25(19)13-8-9-15(27-2)14(21)10-13/h4-10,16H,3H2,1-2H3,(H2,22,26). The molecule has 1 heterocycles. The predicted octanol–water partition coefficient (Wildman–Crippen LogP) is 4.71. The number of thioether (sulfide) groups is 1. The first-order chi connectivity index (χ1) is 13.4. The number of benzene rings is 2. The summed E-state index contributed by atoms with van der Waals surface area (Å²) in [6.07, 6.45) is 0.587. The lowest BCUT2D eigenvalue weighted by molar-refractivity contribution is -0.117. The Morgan fingerprint density at radius 3 is 2.57 bits per heavy atom. The summed E-state index contributed by atoms with van der Waals surface area (Å²) >= 11 is 11.1. The Morgan fingerprint density at radius 2 is 2.00 bits per heavy atom. The van der Waals surface area contributed by atoms with Crippen molar-refractivity contribution in [1.82, 2.24) is 14.8 Å². The molecule has 2 N–H and O–H groups in total. The number of rotatable bonds is 7. The third kappa shape index (κ3) is 4.34. The van der Waals surface area contributed by atoms with Crippen molar-refractivity contribution in [3.63, 3.8) is 0 Å². The first-order valence-corrected chi connectivity index (χ1v) is 10.5. The lowest BCUT2D eigenvalue weighted by Gasteiger charge is -2.14. The number of nitrogens with zero attached hydrogens (tertiary/aromatic N) is 3. The van der Waals surface area contributed by atoms with Crippen molar-refractivity contribution < 1.29 is 9.53 Å². The van der Waals surface area contributed by atoms with Crippen molar-refractivity contribution in [1.29, 1.82) is 0 Å². The third-order valence-electron chi connectivity index (χ3n) is 4.07. The number of halogens is 2. The highest BCUT2D eigenvalue weighted by molar-refractivity contribution is 9.10. The molecule has 0 saturated heterocycles. The average Bonchev–Trinajstić information content (AvgIpc) is 3.09. The van der Waals surface area contributed by atoms with Crippen LogP contribution in [-0.4, -0.2) is 33.0 Å². The second-order valence-electron chi connectivity index (χ2n) is 5.88. The molecule has 1 atom stereocenters. The maximum atomic E-state index is 11.7. The molecule has 1 amide bonds. The van der Waals surface area contributed by atoms with Crippen LogP contribution >= 0.6 is 39.3 Å². The molecule has 0 aliphatic heterocycles. The van der Waals surface area contributed by atoms with Gasteiger partial charge in [0.05, 0.1) is 23.1 Å². The Hall–Kier alpha value is -2.03. The van der Waals surface area contributed by atoms with Gasteiger partial charge in [-0.2, -0.15) is 0 Å². The summed E-state index contributed by atoms with van der Waals surface area (Å²) in [6.45, 7) is 1.91. The molecular formula is C19H18BrClN4O2S. The Kier molecular flexibility index (Phi) is 6.64. The molecule has 1 aromatic heterocycles. The number of primary amides is 1. The molecule has 146 valence electrons. The molecule has 0 saturated carbocycles. The number of nitrogens with two attached hydrogens (primary N) is 1. The van der Waals surface area contributed by atoms with Gasteiger partial charge in [0.2, 0.25) is 5.91 Å². The fourth-order valence-electron chi connectivity index (χ4n) is 2.63. The summed E-state index contributed by atoms with van der Waals surface area (Å²) in [6, 6.07) is 13.2. The summed E-state index contributed by atoms with van der Waals surface area (Å²) in [4.78, 5) is 11.7. The number of carbonyl (C=O) groups excluding carboxylic acids is 1. The van der Waals surface area contributed by atoms with Gasteiger partial charge < -0.3 is 10.5 Å². The molecule has 2 aromatic carbocycles. The number of aromatic nitrogens is 3. The van der Waals surface area contributed by atoms with Crippen molar-refractivity contribution in [3.8, 4) is 22.8 Å². The van der Waals surface area contributed by atoms with Crippen LogP contribution in [0.15, 0.2) is 52.1 Å². The van der Waals surface area contributed by atoms with Crippen LogP contribution in [0.4, 0.5) is 0 Å². The largest absolute Gasteiger partial charge is 0.495 e. The van der Waals surface area contributed by atoms with Crippen molar-refractivity contribution in [2.24, 2.45) is 5.73 Å². The minimum Gasteiger partial charge on any atom is -0.495 e. The van der Waals surface area contributed by atoms with Gasteiger partial charge in [0.1, 0.15) is 5.75 Å². The normalized spacial score (nSPS) is 12.0. The Balaban J connectivity index is 2.15. The summed E-state index contributed by atoms with van der Waals surface area (Å²) in [5.74, 6) is 0.817. The highest BCUT2D eigenvalue weighted by Gasteiger charge is 2.22. The van der Waals surface area contributed by atoms with Crippen LogP contribution in [-0.2, 0) is 4.79 Å². The maximum absolute atomic E-state index is 11.7. The van der Waals surface area contributed by atoms with E-state index in [0.29, 0.717) is 28.2 Å². The number of ether oxygens (including phenoxy) is 1. The van der Waals surface area contributed by atoms with Gasteiger partial charge in [-0.1, -0.05) is 58.3 Å². The SMILES string of the molecule is CCC(Sc1nnc(-c2ccc(Br)cc2)n1-c1ccc(OC)c(Cl)c1)C(N)=O. The lowest BCUT2D eigenvalue weighted by atomic mass is 10.2. The van der Waals surface area contributed by atoms with Gasteiger partial charge in [0.25, 0.3) is 0 Å². The molecule has 28 heavy (non-hydrogen) atoms. The quantitative estimate of drug-likeness (QED) is 0.494. The number of carbonyl (C=O) groups is 1. The molecule has 6 nitrogen and oxygen atoms in total. The van der Waals surface area contributed by atoms with E-state index in [9.17, 15) is 4.79 Å². The van der Waals surface area contributed by atoms with Crippen LogP contribution in [0.3, 0.4) is 0 Å². The van der Waals surface area contributed by atoms with Gasteiger partial charge in [0.15, 0.2) is 11.0 Å². The van der Waals surface area contributed by atoms with E-state index in [4.69, 9.17) is 22.1 Å². The summed E-state index contributed by atoms with van der Waals surface area (Å²) in [5.41, 5.74) is 7.16. The maximum Gasteiger partial charge on any atom is 0.231 e. The first-order valence-electron chi connectivity index (χ1n) is 8.45. The zero-order chi connectivity index (χ0) is 20.3. The van der Waals surface area contributed by atoms with Crippen LogP contribution in [0.1, 0.15) is 13.3 Å². The summed E-state index contributed by atoms with van der Waals surface area (Å²) < 4.78 is 8.07. The summed E-state index contributed by atoms with van der Waals surface area (Å²) in [7, 11) is 1.56. The van der Waals surface area contributed by atoms with Gasteiger partial charge in [-0.25, -0.2) is 0 Å². The molecule has 9 heteroatoms. The van der Waals surface area contributed by atoms with E-state index in [1.54, 1.807) is 19.2 Å². The van der Waals surface area contributed by atoms with Crippen LogP contribution in [0, 0.1) is 0 Å². The van der Waals surface area contributed by atoms with E-state index in [1.165, 1.54) is 11.8 Å². The van der Waals surface area contributed by atoms with Crippen LogP contribution in [0.25, 0.3) is 17.1 Å². The number of amides is 1. The first kappa shape index (κ1) is 20.7. The fraction of sp³-hybridized carbons (Fsp3) is 0.211. The average molecular weight is 482 g/mol. The van der Waals surface area contributed by atoms with Crippen molar-refractivity contribution in [2.75, 3.05) is 7.11 Å². The third-order valence-corrected chi connectivity index (χ3v) is 6.21. The predicted molar refractivity (Wildman–Crippen MR) is 115 cm³/mol. The molecule has 0 radical (unpaired) electrons. The van der Waals surface area contributed by atoms with Gasteiger partial charge in [0, 0.05) is 10.0 Å². The highest BCUT2D eigenvalue weighted by atomic mass is 79.9. The molecular weight excluding hydrogens is 464 g/mol. The molecule has 3 rings (SSSR count). The van der Waals surface area contributed by atoms with Gasteiger partial charge in [-0.3, -0.25) is 9.36 Å². The van der Waals surface area contributed by atoms with Gasteiger partial charge in [-0.15, -0.1) is 10.2 Å². The second-order valence-corrected chi connectivity index (χ2v) is 8.38. The van der Waals surface area contributed by atoms with E-state index in [1.807, 2.05) is 41.8 Å². The van der Waals surface area contributed by atoms with E-state index in [2.05, 4.69) is 26.1 Å². The number of methoxy groups -OCH3 is 1. The van der Waals surface area contributed by atoms with Crippen molar-refractivity contribution in [2.45, 2.75) is 23.8 Å². The van der Waals surface area contributed by atoms with Crippen LogP contribution in [0.5, 0.6) is 5.75 Å². The molecule has 0 aliphatic carbocycles. The van der Waals surface area contributed by atoms with Crippen molar-refractivity contribution in [3.05, 3.63) is 52.0 Å². The second kappa shape index (κ2) is 8.98. The highest BCUT2D eigenvalue weighted by Crippen LogP contribution is 2.34. The van der Waals surface area contributed by atoms with E-state index >= 15 is 0 Å². The monoisotopic (exact) mass is 480 g/mol. The van der Waals surface area contributed by atoms with E-state index in [0.717, 1.165) is 15.7 Å². The molecule has 0 fully saturated rings. The molecule has 1 unspecified atom stereocenters. The Morgan fingerprint density at radius 1 is 1.29 bits per heavy atom. The zero-order valence-corrected chi connectivity index (χ0v) is 18.4. The van der Waals surface area contributed by atoms with Crippen molar-refractivity contribution >= 4 is 45.2 Å². The van der Waals surface area contributed by atoms with E-state index in [-0.39, 0.29) is 5.91 Å². The molecule has 0 spiro atoms. The Labute approximate surface area is 180 Å². The van der Waals surface area contributed by atoms with Crippen LogP contribution < -0.4 is 10.5 Å². The number of hydrogen-bond donors (Lipinski definition) is 1. The van der Waals surface area contributed by atoms with Gasteiger partial charge in [-0.05, 0) is 36.8 Å². The minimum absolute atomic E-state index is 0.389. The van der Waals surface area contributed by atoms with E-state index < -0.39 is 5.25 Å². The fourth-order valence-corrected chi connectivity index (χ4v) is 4.07. The lowest BCUT2D eigenvalue weighted by Crippen LogP contribution is -2.25. The van der Waals surface area contributed by atoms with Gasteiger partial charge >= 0.3 is 0 Å². The summed E-state index contributed by atoms with van der Waals surface area (Å²) in [5, 5.41) is 9.30. The van der Waals surface area contributed by atoms with Crippen LogP contribution in [0.2, 0.25) is 5.02 Å². The molecule has 0 aliphatic rings. The topological polar surface area (TPSA) is 83.0 Å². The minimum atomic E-state index is -0.408. The Bertz CT molecular complexity index is 994. The smallest absolute Gasteiger partial charge is 0.231 e. The molecule has 0 bridgehead atoms. The zero-order valence-electron chi connectivity index (χ0n) is 15.2.